The van der Waals surface area contributed by atoms with Crippen molar-refractivity contribution in [3.8, 4) is 0 Å². The van der Waals surface area contributed by atoms with Crippen molar-refractivity contribution in [3.05, 3.63) is 30.3 Å². The van der Waals surface area contributed by atoms with Crippen LogP contribution in [0, 0.1) is 0 Å². The number of ether oxygens (including phenoxy) is 1. The highest BCUT2D eigenvalue weighted by Gasteiger charge is 2.53. The molecule has 0 bridgehead atoms. The molecule has 0 saturated carbocycles. The fourth-order valence-electron chi connectivity index (χ4n) is 2.96. The normalized spacial score (nSPS) is 24.0. The average molecular weight is 351 g/mol. The molecule has 2 rings (SSSR count). The zero-order valence-electron chi connectivity index (χ0n) is 14.6. The van der Waals surface area contributed by atoms with Gasteiger partial charge in [0, 0.05) is 16.7 Å². The van der Waals surface area contributed by atoms with Gasteiger partial charge in [0.1, 0.15) is 11.1 Å². The summed E-state index contributed by atoms with van der Waals surface area (Å²) in [4.78, 5) is 27.0. The molecule has 0 aliphatic carbocycles. The second-order valence-electron chi connectivity index (χ2n) is 7.04. The van der Waals surface area contributed by atoms with Crippen LogP contribution >= 0.6 is 11.8 Å². The Hall–Kier alpha value is -1.69. The zero-order valence-corrected chi connectivity index (χ0v) is 15.4. The van der Waals surface area contributed by atoms with E-state index in [-0.39, 0.29) is 5.25 Å². The third-order valence-corrected chi connectivity index (χ3v) is 5.30. The summed E-state index contributed by atoms with van der Waals surface area (Å²) in [6, 6.07) is 9.84. The molecule has 1 aromatic rings. The van der Waals surface area contributed by atoms with Crippen LogP contribution in [0.25, 0.3) is 0 Å². The highest BCUT2D eigenvalue weighted by atomic mass is 32.2. The van der Waals surface area contributed by atoms with Gasteiger partial charge in [-0.25, -0.2) is 9.59 Å². The van der Waals surface area contributed by atoms with Gasteiger partial charge in [0.15, 0.2) is 0 Å². The molecule has 0 unspecified atom stereocenters. The molecular formula is C18H25NO4S. The highest BCUT2D eigenvalue weighted by Crippen LogP contribution is 2.41. The lowest BCUT2D eigenvalue weighted by molar-refractivity contribution is -0.149. The molecule has 0 radical (unpaired) electrons. The van der Waals surface area contributed by atoms with Crippen molar-refractivity contribution in [2.45, 2.75) is 61.8 Å². The highest BCUT2D eigenvalue weighted by molar-refractivity contribution is 8.00. The maximum absolute atomic E-state index is 12.6. The van der Waals surface area contributed by atoms with Gasteiger partial charge in [-0.15, -0.1) is 11.8 Å². The number of benzene rings is 1. The Balaban J connectivity index is 2.23. The quantitative estimate of drug-likeness (QED) is 0.887. The second-order valence-corrected chi connectivity index (χ2v) is 8.41. The monoisotopic (exact) mass is 351 g/mol. The fraction of sp³-hybridized carbons (Fsp3) is 0.556. The van der Waals surface area contributed by atoms with Gasteiger partial charge in [-0.05, 0) is 45.7 Å². The zero-order chi connectivity index (χ0) is 18.0. The molecule has 2 atom stereocenters. The van der Waals surface area contributed by atoms with Crippen LogP contribution in [0.2, 0.25) is 0 Å². The van der Waals surface area contributed by atoms with Crippen molar-refractivity contribution in [3.63, 3.8) is 0 Å². The van der Waals surface area contributed by atoms with Gasteiger partial charge in [0.2, 0.25) is 0 Å². The van der Waals surface area contributed by atoms with Gasteiger partial charge in [-0.2, -0.15) is 0 Å². The van der Waals surface area contributed by atoms with Crippen LogP contribution in [-0.2, 0) is 9.53 Å². The third-order valence-electron chi connectivity index (χ3n) is 4.11. The maximum Gasteiger partial charge on any atom is 0.411 e. The number of thioether (sulfide) groups is 1. The van der Waals surface area contributed by atoms with Gasteiger partial charge >= 0.3 is 12.1 Å². The summed E-state index contributed by atoms with van der Waals surface area (Å²) >= 11 is 1.61. The van der Waals surface area contributed by atoms with E-state index in [1.807, 2.05) is 30.3 Å². The Bertz CT molecular complexity index is 599. The van der Waals surface area contributed by atoms with E-state index >= 15 is 0 Å². The number of aliphatic carboxylic acids is 1. The topological polar surface area (TPSA) is 66.8 Å². The molecule has 132 valence electrons. The lowest BCUT2D eigenvalue weighted by Crippen LogP contribution is -2.53. The van der Waals surface area contributed by atoms with E-state index in [9.17, 15) is 14.7 Å². The molecule has 0 aromatic heterocycles. The predicted octanol–water partition coefficient (Wildman–Crippen LogP) is 4.02. The van der Waals surface area contributed by atoms with Crippen LogP contribution in [0.1, 0.15) is 40.5 Å². The van der Waals surface area contributed by atoms with Crippen molar-refractivity contribution < 1.29 is 19.4 Å². The van der Waals surface area contributed by atoms with Crippen LogP contribution in [0.15, 0.2) is 35.2 Å². The first-order valence-electron chi connectivity index (χ1n) is 8.13. The molecule has 6 heteroatoms. The van der Waals surface area contributed by atoms with Crippen molar-refractivity contribution >= 4 is 23.8 Å². The molecule has 1 aromatic carbocycles. The van der Waals surface area contributed by atoms with Crippen LogP contribution in [-0.4, -0.2) is 45.0 Å². The molecule has 1 amide bonds. The Morgan fingerprint density at radius 1 is 1.33 bits per heavy atom. The van der Waals surface area contributed by atoms with Crippen LogP contribution in [0.3, 0.4) is 0 Å². The molecule has 1 aliphatic rings. The standard InChI is InChI=1S/C18H25NO4S/c1-5-18(15(20)21)11-14(24-13-9-7-6-8-10-13)12-19(18)16(22)23-17(2,3)4/h6-10,14H,5,11-12H2,1-4H3,(H,20,21)/t14-,18-/m0/s1. The van der Waals surface area contributed by atoms with Crippen molar-refractivity contribution in [2.75, 3.05) is 6.54 Å². The van der Waals surface area contributed by atoms with E-state index in [0.29, 0.717) is 19.4 Å². The first kappa shape index (κ1) is 18.6. The smallest absolute Gasteiger partial charge is 0.411 e. The predicted molar refractivity (Wildman–Crippen MR) is 94.3 cm³/mol. The van der Waals surface area contributed by atoms with Crippen molar-refractivity contribution in [1.29, 1.82) is 0 Å². The van der Waals surface area contributed by atoms with E-state index in [4.69, 9.17) is 4.74 Å². The first-order chi connectivity index (χ1) is 11.2. The van der Waals surface area contributed by atoms with E-state index in [1.54, 1.807) is 39.5 Å². The van der Waals surface area contributed by atoms with Crippen molar-refractivity contribution in [1.82, 2.24) is 4.90 Å². The van der Waals surface area contributed by atoms with Crippen LogP contribution in [0.4, 0.5) is 4.79 Å². The molecule has 1 heterocycles. The summed E-state index contributed by atoms with van der Waals surface area (Å²) < 4.78 is 5.44. The molecule has 24 heavy (non-hydrogen) atoms. The SMILES string of the molecule is CC[C@@]1(C(=O)O)C[C@H](Sc2ccccc2)CN1C(=O)OC(C)(C)C. The lowest BCUT2D eigenvalue weighted by atomic mass is 9.93. The number of carboxylic acids is 1. The van der Waals surface area contributed by atoms with Crippen molar-refractivity contribution in [2.24, 2.45) is 0 Å². The van der Waals surface area contributed by atoms with E-state index in [1.165, 1.54) is 4.90 Å². The molecule has 1 fully saturated rings. The van der Waals surface area contributed by atoms with E-state index in [2.05, 4.69) is 0 Å². The molecule has 1 N–H and O–H groups in total. The maximum atomic E-state index is 12.6. The molecular weight excluding hydrogens is 326 g/mol. The van der Waals surface area contributed by atoms with Crippen LogP contribution < -0.4 is 0 Å². The van der Waals surface area contributed by atoms with E-state index < -0.39 is 23.2 Å². The lowest BCUT2D eigenvalue weighted by Gasteiger charge is -2.34. The minimum atomic E-state index is -1.20. The molecule has 1 aliphatic heterocycles. The second kappa shape index (κ2) is 7.05. The largest absolute Gasteiger partial charge is 0.479 e. The number of carboxylic acid groups (broad SMARTS) is 1. The number of hydrogen-bond donors (Lipinski definition) is 1. The number of carbonyl (C=O) groups excluding carboxylic acids is 1. The number of likely N-dealkylation sites (tertiary alicyclic amines) is 1. The summed E-state index contributed by atoms with van der Waals surface area (Å²) in [5.74, 6) is -0.966. The number of carbonyl (C=O) groups is 2. The number of rotatable bonds is 4. The Morgan fingerprint density at radius 2 is 1.96 bits per heavy atom. The first-order valence-corrected chi connectivity index (χ1v) is 9.01. The van der Waals surface area contributed by atoms with E-state index in [0.717, 1.165) is 4.90 Å². The summed E-state index contributed by atoms with van der Waals surface area (Å²) in [6.07, 6.45) is 0.216. The summed E-state index contributed by atoms with van der Waals surface area (Å²) in [5.41, 5.74) is -1.85. The molecule has 1 saturated heterocycles. The number of nitrogens with zero attached hydrogens (tertiary/aromatic N) is 1. The van der Waals surface area contributed by atoms with Gasteiger partial charge in [0.25, 0.3) is 0 Å². The fourth-order valence-corrected chi connectivity index (χ4v) is 4.24. The summed E-state index contributed by atoms with van der Waals surface area (Å²) in [7, 11) is 0. The number of hydrogen-bond acceptors (Lipinski definition) is 4. The van der Waals surface area contributed by atoms with Gasteiger partial charge in [-0.3, -0.25) is 4.90 Å². The minimum absolute atomic E-state index is 0.0240. The van der Waals surface area contributed by atoms with Crippen LogP contribution in [0.5, 0.6) is 0 Å². The van der Waals surface area contributed by atoms with Gasteiger partial charge in [0.05, 0.1) is 0 Å². The summed E-state index contributed by atoms with van der Waals surface area (Å²) in [5, 5.41) is 9.83. The molecule has 5 nitrogen and oxygen atoms in total. The Morgan fingerprint density at radius 3 is 2.46 bits per heavy atom. The number of amides is 1. The Labute approximate surface area is 147 Å². The Kier molecular flexibility index (Phi) is 5.48. The summed E-state index contributed by atoms with van der Waals surface area (Å²) in [6.45, 7) is 7.53. The third kappa shape index (κ3) is 4.04. The minimum Gasteiger partial charge on any atom is -0.479 e. The average Bonchev–Trinajstić information content (AvgIpc) is 2.86. The van der Waals surface area contributed by atoms with Gasteiger partial charge < -0.3 is 9.84 Å². The van der Waals surface area contributed by atoms with Gasteiger partial charge in [-0.1, -0.05) is 25.1 Å². The molecule has 0 spiro atoms.